The lowest BCUT2D eigenvalue weighted by Gasteiger charge is -2.29. The van der Waals surface area contributed by atoms with Crippen molar-refractivity contribution in [1.82, 2.24) is 4.90 Å². The third-order valence-electron chi connectivity index (χ3n) is 5.25. The summed E-state index contributed by atoms with van der Waals surface area (Å²) in [7, 11) is 0. The Morgan fingerprint density at radius 2 is 1.58 bits per heavy atom. The molecule has 2 aliphatic rings. The van der Waals surface area contributed by atoms with Crippen molar-refractivity contribution in [3.05, 3.63) is 65.2 Å². The summed E-state index contributed by atoms with van der Waals surface area (Å²) in [5.74, 6) is 0.235. The smallest absolute Gasteiger partial charge is 0.227 e. The molecule has 1 saturated heterocycles. The van der Waals surface area contributed by atoms with Gasteiger partial charge in [0.05, 0.1) is 6.42 Å². The number of hydrogen-bond acceptors (Lipinski definition) is 2. The van der Waals surface area contributed by atoms with E-state index in [1.807, 2.05) is 4.90 Å². The van der Waals surface area contributed by atoms with E-state index in [-0.39, 0.29) is 5.91 Å². The number of rotatable bonds is 3. The van der Waals surface area contributed by atoms with E-state index in [4.69, 9.17) is 0 Å². The van der Waals surface area contributed by atoms with Crippen LogP contribution in [-0.4, -0.2) is 30.4 Å². The molecule has 4 rings (SSSR count). The van der Waals surface area contributed by atoms with Gasteiger partial charge in [-0.25, -0.2) is 0 Å². The Labute approximate surface area is 143 Å². The Balaban J connectivity index is 1.39. The zero-order valence-corrected chi connectivity index (χ0v) is 14.1. The van der Waals surface area contributed by atoms with E-state index < -0.39 is 0 Å². The Kier molecular flexibility index (Phi) is 4.24. The van der Waals surface area contributed by atoms with E-state index >= 15 is 0 Å². The molecule has 1 fully saturated rings. The van der Waals surface area contributed by atoms with Gasteiger partial charge in [0.25, 0.3) is 0 Å². The van der Waals surface area contributed by atoms with Gasteiger partial charge in [-0.2, -0.15) is 0 Å². The second kappa shape index (κ2) is 6.68. The first-order chi connectivity index (χ1) is 11.8. The lowest BCUT2D eigenvalue weighted by Crippen LogP contribution is -2.36. The average molecular weight is 320 g/mol. The van der Waals surface area contributed by atoms with Crippen molar-refractivity contribution >= 4 is 11.6 Å². The fraction of sp³-hybridized carbons (Fsp3) is 0.381. The molecule has 2 aliphatic heterocycles. The van der Waals surface area contributed by atoms with Crippen LogP contribution in [0.3, 0.4) is 0 Å². The zero-order valence-electron chi connectivity index (χ0n) is 14.1. The monoisotopic (exact) mass is 320 g/mol. The van der Waals surface area contributed by atoms with Crippen LogP contribution >= 0.6 is 0 Å². The molecular formula is C21H24N2O. The van der Waals surface area contributed by atoms with E-state index in [9.17, 15) is 4.79 Å². The van der Waals surface area contributed by atoms with Crippen molar-refractivity contribution in [2.45, 2.75) is 32.2 Å². The number of carbonyl (C=O) groups is 1. The van der Waals surface area contributed by atoms with Crippen LogP contribution < -0.4 is 4.90 Å². The van der Waals surface area contributed by atoms with E-state index in [0.717, 1.165) is 38.2 Å². The van der Waals surface area contributed by atoms with Gasteiger partial charge in [0.1, 0.15) is 0 Å². The standard InChI is InChI=1S/C21H24N2O/c24-21(23-14-11-18-5-1-2-6-19(18)16-23)15-17-7-9-20(10-8-17)22-12-3-4-13-22/h1-2,5-10H,3-4,11-16H2. The number of nitrogens with zero attached hydrogens (tertiary/aromatic N) is 2. The fourth-order valence-corrected chi connectivity index (χ4v) is 3.79. The quantitative estimate of drug-likeness (QED) is 0.865. The first-order valence-electron chi connectivity index (χ1n) is 8.98. The summed E-state index contributed by atoms with van der Waals surface area (Å²) in [6.45, 7) is 3.90. The summed E-state index contributed by atoms with van der Waals surface area (Å²) in [6, 6.07) is 17.0. The number of anilines is 1. The van der Waals surface area contributed by atoms with Crippen LogP contribution in [0.15, 0.2) is 48.5 Å². The molecule has 0 N–H and O–H groups in total. The van der Waals surface area contributed by atoms with E-state index in [1.54, 1.807) is 0 Å². The zero-order chi connectivity index (χ0) is 16.4. The minimum atomic E-state index is 0.235. The van der Waals surface area contributed by atoms with E-state index in [1.165, 1.54) is 29.7 Å². The lowest BCUT2D eigenvalue weighted by atomic mass is 9.99. The molecule has 0 saturated carbocycles. The summed E-state index contributed by atoms with van der Waals surface area (Å²) in [6.07, 6.45) is 4.05. The molecule has 0 radical (unpaired) electrons. The number of carbonyl (C=O) groups excluding carboxylic acids is 1. The maximum atomic E-state index is 12.6. The van der Waals surface area contributed by atoms with Crippen LogP contribution in [0.5, 0.6) is 0 Å². The van der Waals surface area contributed by atoms with E-state index in [2.05, 4.69) is 53.4 Å². The van der Waals surface area contributed by atoms with Gasteiger partial charge in [-0.1, -0.05) is 36.4 Å². The molecule has 124 valence electrons. The number of amides is 1. The molecule has 2 heterocycles. The van der Waals surface area contributed by atoms with Crippen LogP contribution in [0.2, 0.25) is 0 Å². The topological polar surface area (TPSA) is 23.6 Å². The van der Waals surface area contributed by atoms with Crippen LogP contribution in [0.1, 0.15) is 29.5 Å². The number of benzene rings is 2. The maximum absolute atomic E-state index is 12.6. The summed E-state index contributed by atoms with van der Waals surface area (Å²) >= 11 is 0. The van der Waals surface area contributed by atoms with Crippen LogP contribution in [0.25, 0.3) is 0 Å². The number of fused-ring (bicyclic) bond motifs is 1. The molecule has 24 heavy (non-hydrogen) atoms. The molecule has 3 heteroatoms. The van der Waals surface area contributed by atoms with Gasteiger partial charge in [0.15, 0.2) is 0 Å². The third-order valence-corrected chi connectivity index (χ3v) is 5.25. The molecule has 0 aliphatic carbocycles. The minimum absolute atomic E-state index is 0.235. The fourth-order valence-electron chi connectivity index (χ4n) is 3.79. The van der Waals surface area contributed by atoms with Crippen LogP contribution in [0.4, 0.5) is 5.69 Å². The Morgan fingerprint density at radius 1 is 0.875 bits per heavy atom. The van der Waals surface area contributed by atoms with E-state index in [0.29, 0.717) is 6.42 Å². The van der Waals surface area contributed by atoms with Crippen molar-refractivity contribution < 1.29 is 4.79 Å². The SMILES string of the molecule is O=C(Cc1ccc(N2CCCC2)cc1)N1CCc2ccccc2C1. The molecule has 0 bridgehead atoms. The molecule has 2 aromatic rings. The van der Waals surface area contributed by atoms with Crippen molar-refractivity contribution in [3.8, 4) is 0 Å². The van der Waals surface area contributed by atoms with Crippen molar-refractivity contribution in [1.29, 1.82) is 0 Å². The van der Waals surface area contributed by atoms with Crippen molar-refractivity contribution in [2.24, 2.45) is 0 Å². The molecule has 0 atom stereocenters. The largest absolute Gasteiger partial charge is 0.372 e. The molecular weight excluding hydrogens is 296 g/mol. The van der Waals surface area contributed by atoms with Crippen molar-refractivity contribution in [3.63, 3.8) is 0 Å². The van der Waals surface area contributed by atoms with Crippen molar-refractivity contribution in [2.75, 3.05) is 24.5 Å². The highest BCUT2D eigenvalue weighted by Gasteiger charge is 2.20. The van der Waals surface area contributed by atoms with Gasteiger partial charge < -0.3 is 9.80 Å². The Morgan fingerprint density at radius 3 is 2.33 bits per heavy atom. The Bertz CT molecular complexity index is 717. The predicted molar refractivity (Wildman–Crippen MR) is 97.2 cm³/mol. The Hall–Kier alpha value is -2.29. The van der Waals surface area contributed by atoms with Gasteiger partial charge in [-0.3, -0.25) is 4.79 Å². The van der Waals surface area contributed by atoms with Crippen LogP contribution in [-0.2, 0) is 24.2 Å². The molecule has 1 amide bonds. The first-order valence-corrected chi connectivity index (χ1v) is 8.98. The third kappa shape index (κ3) is 3.16. The molecule has 0 unspecified atom stereocenters. The molecule has 3 nitrogen and oxygen atoms in total. The van der Waals surface area contributed by atoms with Gasteiger partial charge in [0, 0.05) is 31.9 Å². The van der Waals surface area contributed by atoms with Crippen LogP contribution in [0, 0.1) is 0 Å². The van der Waals surface area contributed by atoms with Gasteiger partial charge in [0.2, 0.25) is 5.91 Å². The summed E-state index contributed by atoms with van der Waals surface area (Å²) in [5, 5.41) is 0. The highest BCUT2D eigenvalue weighted by atomic mass is 16.2. The second-order valence-electron chi connectivity index (χ2n) is 6.87. The number of hydrogen-bond donors (Lipinski definition) is 0. The summed E-state index contributed by atoms with van der Waals surface area (Å²) in [5.41, 5.74) is 5.08. The summed E-state index contributed by atoms with van der Waals surface area (Å²) in [4.78, 5) is 17.1. The maximum Gasteiger partial charge on any atom is 0.227 e. The molecule has 0 aromatic heterocycles. The normalized spacial score (nSPS) is 17.0. The average Bonchev–Trinajstić information content (AvgIpc) is 3.16. The minimum Gasteiger partial charge on any atom is -0.372 e. The second-order valence-corrected chi connectivity index (χ2v) is 6.87. The highest BCUT2D eigenvalue weighted by molar-refractivity contribution is 5.79. The van der Waals surface area contributed by atoms with Gasteiger partial charge >= 0.3 is 0 Å². The predicted octanol–water partition coefficient (Wildman–Crippen LogP) is 3.41. The lowest BCUT2D eigenvalue weighted by molar-refractivity contribution is -0.131. The highest BCUT2D eigenvalue weighted by Crippen LogP contribution is 2.22. The van der Waals surface area contributed by atoms with Gasteiger partial charge in [-0.05, 0) is 48.1 Å². The summed E-state index contributed by atoms with van der Waals surface area (Å²) < 4.78 is 0. The molecule has 0 spiro atoms. The molecule has 2 aromatic carbocycles. The van der Waals surface area contributed by atoms with Gasteiger partial charge in [-0.15, -0.1) is 0 Å². The first kappa shape index (κ1) is 15.3.